The lowest BCUT2D eigenvalue weighted by atomic mass is 9.91. The summed E-state index contributed by atoms with van der Waals surface area (Å²) in [6.45, 7) is 7.89. The fourth-order valence-corrected chi connectivity index (χ4v) is 1.71. The molecule has 0 spiro atoms. The maximum absolute atomic E-state index is 12.3. The Bertz CT molecular complexity index is 356. The van der Waals surface area contributed by atoms with Crippen molar-refractivity contribution in [1.82, 2.24) is 0 Å². The molecule has 0 N–H and O–H groups in total. The van der Waals surface area contributed by atoms with Crippen LogP contribution >= 0.6 is 0 Å². The smallest absolute Gasteiger partial charge is 0.194 e. The van der Waals surface area contributed by atoms with E-state index in [1.807, 2.05) is 44.2 Å². The molecule has 0 aliphatic carbocycles. The van der Waals surface area contributed by atoms with E-state index in [1.54, 1.807) is 6.08 Å². The Balaban J connectivity index is 2.95. The number of hydrogen-bond donors (Lipinski definition) is 0. The highest BCUT2D eigenvalue weighted by atomic mass is 16.5. The Morgan fingerprint density at radius 1 is 1.44 bits per heavy atom. The predicted molar refractivity (Wildman–Crippen MR) is 65.6 cm³/mol. The number of rotatable bonds is 6. The molecule has 0 aromatic heterocycles. The van der Waals surface area contributed by atoms with Gasteiger partial charge >= 0.3 is 0 Å². The van der Waals surface area contributed by atoms with Crippen molar-refractivity contribution >= 4 is 5.78 Å². The Morgan fingerprint density at radius 3 is 2.56 bits per heavy atom. The minimum atomic E-state index is -0.794. The molecule has 0 radical (unpaired) electrons. The van der Waals surface area contributed by atoms with Crippen molar-refractivity contribution in [1.29, 1.82) is 0 Å². The van der Waals surface area contributed by atoms with Crippen molar-refractivity contribution in [2.24, 2.45) is 0 Å². The zero-order valence-corrected chi connectivity index (χ0v) is 9.90. The summed E-state index contributed by atoms with van der Waals surface area (Å²) < 4.78 is 5.57. The van der Waals surface area contributed by atoms with Crippen molar-refractivity contribution in [2.45, 2.75) is 25.9 Å². The van der Waals surface area contributed by atoms with Crippen LogP contribution in [0.1, 0.15) is 30.6 Å². The summed E-state index contributed by atoms with van der Waals surface area (Å²) in [5.41, 5.74) is -0.113. The molecule has 0 heterocycles. The molecule has 2 heteroatoms. The molecular weight excluding hydrogens is 200 g/mol. The number of carbonyl (C=O) groups excluding carboxylic acids is 1. The van der Waals surface area contributed by atoms with Crippen molar-refractivity contribution in [3.63, 3.8) is 0 Å². The maximum Gasteiger partial charge on any atom is 0.194 e. The van der Waals surface area contributed by atoms with Gasteiger partial charge in [0, 0.05) is 18.6 Å². The molecule has 1 unspecified atom stereocenters. The second-order valence-electron chi connectivity index (χ2n) is 3.85. The first-order valence-corrected chi connectivity index (χ1v) is 5.48. The Morgan fingerprint density at radius 2 is 2.06 bits per heavy atom. The van der Waals surface area contributed by atoms with Crippen molar-refractivity contribution in [2.75, 3.05) is 6.61 Å². The van der Waals surface area contributed by atoms with Crippen LogP contribution in [0.3, 0.4) is 0 Å². The third-order valence-electron chi connectivity index (χ3n) is 2.51. The summed E-state index contributed by atoms with van der Waals surface area (Å²) in [5, 5.41) is 0. The number of hydrogen-bond acceptors (Lipinski definition) is 2. The van der Waals surface area contributed by atoms with Gasteiger partial charge in [-0.3, -0.25) is 4.79 Å². The summed E-state index contributed by atoms with van der Waals surface area (Å²) in [4.78, 5) is 12.3. The molecule has 1 rings (SSSR count). The fourth-order valence-electron chi connectivity index (χ4n) is 1.71. The van der Waals surface area contributed by atoms with Gasteiger partial charge in [0.15, 0.2) is 5.78 Å². The highest BCUT2D eigenvalue weighted by molar-refractivity contribution is 6.02. The van der Waals surface area contributed by atoms with E-state index < -0.39 is 5.60 Å². The topological polar surface area (TPSA) is 26.3 Å². The minimum absolute atomic E-state index is 0.00912. The van der Waals surface area contributed by atoms with Crippen LogP contribution in [-0.2, 0) is 4.74 Å². The molecular formula is C14H18O2. The Labute approximate surface area is 96.9 Å². The van der Waals surface area contributed by atoms with Gasteiger partial charge in [0.1, 0.15) is 5.60 Å². The third kappa shape index (κ3) is 2.80. The second-order valence-corrected chi connectivity index (χ2v) is 3.85. The summed E-state index contributed by atoms with van der Waals surface area (Å²) in [6, 6.07) is 9.22. The monoisotopic (exact) mass is 218 g/mol. The van der Waals surface area contributed by atoms with E-state index in [4.69, 9.17) is 4.74 Å². The van der Waals surface area contributed by atoms with Gasteiger partial charge in [-0.25, -0.2) is 0 Å². The van der Waals surface area contributed by atoms with Gasteiger partial charge in [-0.15, -0.1) is 6.58 Å². The van der Waals surface area contributed by atoms with Gasteiger partial charge in [-0.2, -0.15) is 0 Å². The van der Waals surface area contributed by atoms with Crippen LogP contribution in [0.2, 0.25) is 0 Å². The second kappa shape index (κ2) is 5.61. The van der Waals surface area contributed by atoms with Gasteiger partial charge in [0.25, 0.3) is 0 Å². The van der Waals surface area contributed by atoms with Crippen LogP contribution in [-0.4, -0.2) is 18.0 Å². The standard InChI is InChI=1S/C14H18O2/c1-4-11-14(3,16-5-2)13(15)12-9-7-6-8-10-12/h4,6-10H,1,5,11H2,2-3H3. The lowest BCUT2D eigenvalue weighted by Crippen LogP contribution is -2.38. The molecule has 16 heavy (non-hydrogen) atoms. The van der Waals surface area contributed by atoms with E-state index in [0.717, 1.165) is 0 Å². The van der Waals surface area contributed by atoms with Crippen LogP contribution in [0.4, 0.5) is 0 Å². The van der Waals surface area contributed by atoms with E-state index in [9.17, 15) is 4.79 Å². The van der Waals surface area contributed by atoms with E-state index in [2.05, 4.69) is 6.58 Å². The number of ether oxygens (including phenoxy) is 1. The SMILES string of the molecule is C=CCC(C)(OCC)C(=O)c1ccccc1. The normalized spacial score (nSPS) is 14.1. The van der Waals surface area contributed by atoms with E-state index >= 15 is 0 Å². The molecule has 0 aliphatic rings. The van der Waals surface area contributed by atoms with Crippen molar-refractivity contribution in [3.8, 4) is 0 Å². The first-order valence-electron chi connectivity index (χ1n) is 5.48. The molecule has 1 aromatic carbocycles. The molecule has 2 nitrogen and oxygen atoms in total. The van der Waals surface area contributed by atoms with Crippen LogP contribution in [0.5, 0.6) is 0 Å². The molecule has 0 saturated heterocycles. The van der Waals surface area contributed by atoms with Crippen LogP contribution < -0.4 is 0 Å². The van der Waals surface area contributed by atoms with Gasteiger partial charge in [0.2, 0.25) is 0 Å². The quantitative estimate of drug-likeness (QED) is 0.541. The van der Waals surface area contributed by atoms with E-state index in [0.29, 0.717) is 18.6 Å². The van der Waals surface area contributed by atoms with Crippen LogP contribution in [0.25, 0.3) is 0 Å². The molecule has 0 fully saturated rings. The van der Waals surface area contributed by atoms with Crippen molar-refractivity contribution in [3.05, 3.63) is 48.6 Å². The average Bonchev–Trinajstić information content (AvgIpc) is 2.30. The summed E-state index contributed by atoms with van der Waals surface area (Å²) >= 11 is 0. The average molecular weight is 218 g/mol. The zero-order chi connectivity index (χ0) is 12.0. The Hall–Kier alpha value is -1.41. The molecule has 1 atom stereocenters. The first kappa shape index (κ1) is 12.7. The predicted octanol–water partition coefficient (Wildman–Crippen LogP) is 3.24. The molecule has 0 saturated carbocycles. The lowest BCUT2D eigenvalue weighted by molar-refractivity contribution is -0.00775. The van der Waals surface area contributed by atoms with Gasteiger partial charge in [-0.1, -0.05) is 36.4 Å². The third-order valence-corrected chi connectivity index (χ3v) is 2.51. The van der Waals surface area contributed by atoms with Crippen molar-refractivity contribution < 1.29 is 9.53 Å². The van der Waals surface area contributed by atoms with E-state index in [-0.39, 0.29) is 5.78 Å². The minimum Gasteiger partial charge on any atom is -0.367 e. The number of Topliss-reactive ketones (excluding diaryl/α,β-unsaturated/α-hetero) is 1. The molecule has 0 amide bonds. The van der Waals surface area contributed by atoms with Gasteiger partial charge < -0.3 is 4.74 Å². The lowest BCUT2D eigenvalue weighted by Gasteiger charge is -2.26. The summed E-state index contributed by atoms with van der Waals surface area (Å²) in [7, 11) is 0. The Kier molecular flexibility index (Phi) is 4.44. The molecule has 0 bridgehead atoms. The first-order chi connectivity index (χ1) is 7.64. The van der Waals surface area contributed by atoms with Gasteiger partial charge in [-0.05, 0) is 13.8 Å². The molecule has 1 aromatic rings. The van der Waals surface area contributed by atoms with Crippen LogP contribution in [0, 0.1) is 0 Å². The largest absolute Gasteiger partial charge is 0.367 e. The van der Waals surface area contributed by atoms with E-state index in [1.165, 1.54) is 0 Å². The summed E-state index contributed by atoms with van der Waals surface area (Å²) in [5.74, 6) is 0.00912. The molecule has 0 aliphatic heterocycles. The number of carbonyl (C=O) groups is 1. The number of benzene rings is 1. The highest BCUT2D eigenvalue weighted by Gasteiger charge is 2.32. The van der Waals surface area contributed by atoms with Crippen LogP contribution in [0.15, 0.2) is 43.0 Å². The number of ketones is 1. The highest BCUT2D eigenvalue weighted by Crippen LogP contribution is 2.22. The van der Waals surface area contributed by atoms with Gasteiger partial charge in [0.05, 0.1) is 0 Å². The molecule has 86 valence electrons. The zero-order valence-electron chi connectivity index (χ0n) is 9.90. The maximum atomic E-state index is 12.3. The fraction of sp³-hybridized carbons (Fsp3) is 0.357. The summed E-state index contributed by atoms with van der Waals surface area (Å²) in [6.07, 6.45) is 2.24.